The molecule has 0 aliphatic carbocycles. The molecule has 0 radical (unpaired) electrons. The van der Waals surface area contributed by atoms with Gasteiger partial charge in [0.15, 0.2) is 0 Å². The topological polar surface area (TPSA) is 63.6 Å². The summed E-state index contributed by atoms with van der Waals surface area (Å²) in [4.78, 5) is 0. The Hall–Kier alpha value is 0.160. The number of rotatable bonds is 7. The van der Waals surface area contributed by atoms with Gasteiger partial charge in [0.25, 0.3) is 10.1 Å². The van der Waals surface area contributed by atoms with Crippen LogP contribution in [0.4, 0.5) is 0 Å². The van der Waals surface area contributed by atoms with Gasteiger partial charge in [-0.05, 0) is 20.3 Å². The fourth-order valence-corrected chi connectivity index (χ4v) is 1.95. The van der Waals surface area contributed by atoms with Crippen LogP contribution in [0.3, 0.4) is 0 Å². The van der Waals surface area contributed by atoms with E-state index in [1.807, 2.05) is 0 Å². The minimum atomic E-state index is -3.46. The van der Waals surface area contributed by atoms with Crippen molar-refractivity contribution in [3.63, 3.8) is 0 Å². The molecule has 1 N–H and O–H groups in total. The molecule has 0 saturated carbocycles. The van der Waals surface area contributed by atoms with Gasteiger partial charge in [-0.3, -0.25) is 4.18 Å². The van der Waals surface area contributed by atoms with Crippen molar-refractivity contribution in [2.45, 2.75) is 32.3 Å². The monoisotopic (exact) mass is 244 g/mol. The van der Waals surface area contributed by atoms with Crippen LogP contribution in [0, 0.1) is 0 Å². The Morgan fingerprint density at radius 1 is 1.43 bits per heavy atom. The molecule has 0 aromatic heterocycles. The molecule has 0 heterocycles. The average molecular weight is 245 g/mol. The molecule has 0 rings (SSSR count). The molecule has 0 fully saturated rings. The van der Waals surface area contributed by atoms with Crippen LogP contribution in [0.5, 0.6) is 0 Å². The number of alkyl halides is 1. The Kier molecular flexibility index (Phi) is 5.97. The van der Waals surface area contributed by atoms with E-state index in [1.54, 1.807) is 13.8 Å². The summed E-state index contributed by atoms with van der Waals surface area (Å²) < 4.78 is 26.9. The van der Waals surface area contributed by atoms with Gasteiger partial charge in [-0.2, -0.15) is 8.42 Å². The molecule has 0 atom stereocenters. The fourth-order valence-electron chi connectivity index (χ4n) is 0.709. The quantitative estimate of drug-likeness (QED) is 0.539. The van der Waals surface area contributed by atoms with E-state index in [2.05, 4.69) is 4.18 Å². The highest BCUT2D eigenvalue weighted by atomic mass is 35.5. The lowest BCUT2D eigenvalue weighted by Gasteiger charge is -2.16. The van der Waals surface area contributed by atoms with Crippen molar-refractivity contribution < 1.29 is 17.7 Å². The third-order valence-corrected chi connectivity index (χ3v) is 3.09. The fraction of sp³-hybridized carbons (Fsp3) is 1.00. The second-order valence-corrected chi connectivity index (χ2v) is 5.83. The van der Waals surface area contributed by atoms with Crippen molar-refractivity contribution in [3.8, 4) is 0 Å². The van der Waals surface area contributed by atoms with Crippen LogP contribution in [0.2, 0.25) is 0 Å². The molecule has 14 heavy (non-hydrogen) atoms. The van der Waals surface area contributed by atoms with E-state index in [0.717, 1.165) is 0 Å². The molecule has 0 aliphatic heterocycles. The number of hydrogen-bond acceptors (Lipinski definition) is 4. The van der Waals surface area contributed by atoms with Crippen LogP contribution >= 0.6 is 11.6 Å². The first kappa shape index (κ1) is 14.2. The number of hydrogen-bond donors (Lipinski definition) is 1. The predicted octanol–water partition coefficient (Wildman–Crippen LogP) is 1.12. The van der Waals surface area contributed by atoms with Crippen LogP contribution in [0.15, 0.2) is 0 Å². The lowest BCUT2D eigenvalue weighted by atomic mass is 10.1. The molecule has 4 nitrogen and oxygen atoms in total. The standard InChI is InChI=1S/C8H17ClO4S/c1-8(2,10)4-6-13-14(11,12)7-3-5-9/h10H,3-7H2,1-2H3. The maximum Gasteiger partial charge on any atom is 0.267 e. The summed E-state index contributed by atoms with van der Waals surface area (Å²) in [7, 11) is -3.46. The molecule has 0 saturated heterocycles. The third-order valence-electron chi connectivity index (χ3n) is 1.50. The molecule has 0 unspecified atom stereocenters. The van der Waals surface area contributed by atoms with Gasteiger partial charge < -0.3 is 5.11 Å². The average Bonchev–Trinajstić information content (AvgIpc) is 1.98. The molecule has 0 bridgehead atoms. The summed E-state index contributed by atoms with van der Waals surface area (Å²) in [5, 5.41) is 9.29. The van der Waals surface area contributed by atoms with Gasteiger partial charge in [0.05, 0.1) is 18.0 Å². The van der Waals surface area contributed by atoms with Crippen LogP contribution in [0.25, 0.3) is 0 Å². The highest BCUT2D eigenvalue weighted by molar-refractivity contribution is 7.86. The molecule has 0 amide bonds. The second-order valence-electron chi connectivity index (χ2n) is 3.69. The van der Waals surface area contributed by atoms with Crippen LogP contribution in [-0.2, 0) is 14.3 Å². The Morgan fingerprint density at radius 3 is 2.43 bits per heavy atom. The third kappa shape index (κ3) is 8.74. The molecule has 86 valence electrons. The molecule has 0 aromatic rings. The lowest BCUT2D eigenvalue weighted by Crippen LogP contribution is -2.22. The molecule has 0 aliphatic rings. The Bertz CT molecular complexity index is 243. The van der Waals surface area contributed by atoms with Crippen molar-refractivity contribution in [2.24, 2.45) is 0 Å². The van der Waals surface area contributed by atoms with Gasteiger partial charge in [0, 0.05) is 12.3 Å². The summed E-state index contributed by atoms with van der Waals surface area (Å²) >= 11 is 5.35. The van der Waals surface area contributed by atoms with Crippen molar-refractivity contribution in [1.82, 2.24) is 0 Å². The van der Waals surface area contributed by atoms with E-state index in [4.69, 9.17) is 11.6 Å². The highest BCUT2D eigenvalue weighted by Crippen LogP contribution is 2.08. The van der Waals surface area contributed by atoms with Crippen molar-refractivity contribution in [2.75, 3.05) is 18.2 Å². The number of aliphatic hydroxyl groups is 1. The molecular weight excluding hydrogens is 228 g/mol. The molecule has 0 spiro atoms. The zero-order valence-corrected chi connectivity index (χ0v) is 10.1. The normalized spacial score (nSPS) is 13.1. The first-order valence-corrected chi connectivity index (χ1v) is 6.53. The van der Waals surface area contributed by atoms with E-state index < -0.39 is 15.7 Å². The van der Waals surface area contributed by atoms with Gasteiger partial charge in [-0.1, -0.05) is 0 Å². The minimum Gasteiger partial charge on any atom is -0.390 e. The zero-order valence-electron chi connectivity index (χ0n) is 8.49. The van der Waals surface area contributed by atoms with Crippen LogP contribution in [-0.4, -0.2) is 37.4 Å². The first-order chi connectivity index (χ1) is 6.27. The van der Waals surface area contributed by atoms with Crippen molar-refractivity contribution in [3.05, 3.63) is 0 Å². The van der Waals surface area contributed by atoms with Gasteiger partial charge in [0.1, 0.15) is 0 Å². The van der Waals surface area contributed by atoms with Crippen molar-refractivity contribution in [1.29, 1.82) is 0 Å². The van der Waals surface area contributed by atoms with E-state index in [1.165, 1.54) is 0 Å². The van der Waals surface area contributed by atoms with Gasteiger partial charge in [-0.15, -0.1) is 11.6 Å². The molecule has 0 aromatic carbocycles. The van der Waals surface area contributed by atoms with Gasteiger partial charge in [0.2, 0.25) is 0 Å². The summed E-state index contributed by atoms with van der Waals surface area (Å²) in [5.74, 6) is 0.233. The Balaban J connectivity index is 3.78. The first-order valence-electron chi connectivity index (χ1n) is 4.42. The SMILES string of the molecule is CC(C)(O)CCOS(=O)(=O)CCCCl. The molecular formula is C8H17ClO4S. The smallest absolute Gasteiger partial charge is 0.267 e. The summed E-state index contributed by atoms with van der Waals surface area (Å²) in [6.45, 7) is 3.21. The van der Waals surface area contributed by atoms with Crippen LogP contribution < -0.4 is 0 Å². The van der Waals surface area contributed by atoms with Crippen LogP contribution in [0.1, 0.15) is 26.7 Å². The van der Waals surface area contributed by atoms with Crippen molar-refractivity contribution >= 4 is 21.7 Å². The van der Waals surface area contributed by atoms with E-state index in [-0.39, 0.29) is 18.8 Å². The van der Waals surface area contributed by atoms with Gasteiger partial charge in [-0.25, -0.2) is 0 Å². The Morgan fingerprint density at radius 2 is 2.00 bits per heavy atom. The summed E-state index contributed by atoms with van der Waals surface area (Å²) in [6.07, 6.45) is 0.666. The zero-order chi connectivity index (χ0) is 11.2. The summed E-state index contributed by atoms with van der Waals surface area (Å²) in [6, 6.07) is 0. The number of halogens is 1. The van der Waals surface area contributed by atoms with Gasteiger partial charge >= 0.3 is 0 Å². The van der Waals surface area contributed by atoms with E-state index in [0.29, 0.717) is 12.3 Å². The largest absolute Gasteiger partial charge is 0.390 e. The highest BCUT2D eigenvalue weighted by Gasteiger charge is 2.15. The van der Waals surface area contributed by atoms with E-state index >= 15 is 0 Å². The lowest BCUT2D eigenvalue weighted by molar-refractivity contribution is 0.0564. The maximum absolute atomic E-state index is 11.1. The predicted molar refractivity (Wildman–Crippen MR) is 56.0 cm³/mol. The Labute approximate surface area is 90.3 Å². The summed E-state index contributed by atoms with van der Waals surface area (Å²) in [5.41, 5.74) is -0.901. The molecule has 6 heteroatoms. The maximum atomic E-state index is 11.1. The van der Waals surface area contributed by atoms with E-state index in [9.17, 15) is 13.5 Å². The second kappa shape index (κ2) is 5.90. The minimum absolute atomic E-state index is 0.00805.